The first-order valence-corrected chi connectivity index (χ1v) is 12.7. The van der Waals surface area contributed by atoms with Gasteiger partial charge in [0.15, 0.2) is 0 Å². The van der Waals surface area contributed by atoms with Gasteiger partial charge < -0.3 is 15.0 Å². The van der Waals surface area contributed by atoms with Crippen molar-refractivity contribution in [2.75, 3.05) is 19.6 Å². The normalized spacial score (nSPS) is 17.4. The summed E-state index contributed by atoms with van der Waals surface area (Å²) in [6.45, 7) is 13.3. The molecule has 1 aliphatic heterocycles. The SMILES string of the molecule is C/C=C\CC(C)C1=C(C)C(=C2CCN(C(=O)CNC(=O)OC(C)(C)C)CC2)c2ccccc2C=C1. The van der Waals surface area contributed by atoms with E-state index in [0.29, 0.717) is 19.0 Å². The smallest absolute Gasteiger partial charge is 0.408 e. The van der Waals surface area contributed by atoms with Crippen LogP contribution in [0.15, 0.2) is 59.2 Å². The highest BCUT2D eigenvalue weighted by molar-refractivity contribution is 5.89. The summed E-state index contributed by atoms with van der Waals surface area (Å²) in [5.74, 6) is 0.351. The molecule has 1 heterocycles. The van der Waals surface area contributed by atoms with Crippen LogP contribution in [0.1, 0.15) is 71.9 Å². The van der Waals surface area contributed by atoms with E-state index in [2.05, 4.69) is 74.7 Å². The second-order valence-corrected chi connectivity index (χ2v) is 10.4. The number of nitrogens with one attached hydrogen (secondary N) is 1. The van der Waals surface area contributed by atoms with E-state index < -0.39 is 11.7 Å². The van der Waals surface area contributed by atoms with Gasteiger partial charge in [-0.3, -0.25) is 4.79 Å². The third-order valence-corrected chi connectivity index (χ3v) is 6.59. The van der Waals surface area contributed by atoms with Crippen molar-refractivity contribution in [2.24, 2.45) is 5.92 Å². The number of nitrogens with zero attached hydrogens (tertiary/aromatic N) is 1. The molecule has 0 spiro atoms. The molecule has 35 heavy (non-hydrogen) atoms. The second-order valence-electron chi connectivity index (χ2n) is 10.4. The maximum Gasteiger partial charge on any atom is 0.408 e. The molecule has 3 rings (SSSR count). The molecule has 1 N–H and O–H groups in total. The molecule has 0 aromatic heterocycles. The lowest BCUT2D eigenvalue weighted by Gasteiger charge is -2.31. The van der Waals surface area contributed by atoms with Crippen LogP contribution < -0.4 is 5.32 Å². The summed E-state index contributed by atoms with van der Waals surface area (Å²) in [5, 5.41) is 2.59. The van der Waals surface area contributed by atoms with Crippen molar-refractivity contribution in [1.82, 2.24) is 10.2 Å². The number of allylic oxidation sites excluding steroid dienone is 6. The first kappa shape index (κ1) is 26.5. The Morgan fingerprint density at radius 1 is 1.14 bits per heavy atom. The number of fused-ring (bicyclic) bond motifs is 1. The lowest BCUT2D eigenvalue weighted by atomic mass is 9.84. The zero-order chi connectivity index (χ0) is 25.6. The minimum atomic E-state index is -0.586. The Labute approximate surface area is 210 Å². The molecule has 5 nitrogen and oxygen atoms in total. The minimum Gasteiger partial charge on any atom is -0.444 e. The Kier molecular flexibility index (Phi) is 8.76. The number of benzene rings is 1. The summed E-state index contributed by atoms with van der Waals surface area (Å²) < 4.78 is 5.24. The van der Waals surface area contributed by atoms with Gasteiger partial charge in [-0.1, -0.05) is 61.1 Å². The monoisotopic (exact) mass is 476 g/mol. The molecule has 0 saturated carbocycles. The molecular weight excluding hydrogens is 436 g/mol. The zero-order valence-electron chi connectivity index (χ0n) is 22.1. The van der Waals surface area contributed by atoms with Gasteiger partial charge >= 0.3 is 6.09 Å². The van der Waals surface area contributed by atoms with Gasteiger partial charge in [0.05, 0.1) is 0 Å². The van der Waals surface area contributed by atoms with Crippen molar-refractivity contribution in [1.29, 1.82) is 0 Å². The quantitative estimate of drug-likeness (QED) is 0.491. The fraction of sp³-hybridized carbons (Fsp3) is 0.467. The molecule has 0 bridgehead atoms. The second kappa shape index (κ2) is 11.6. The van der Waals surface area contributed by atoms with Gasteiger partial charge in [0.2, 0.25) is 5.91 Å². The molecule has 0 radical (unpaired) electrons. The van der Waals surface area contributed by atoms with Crippen LogP contribution in [0.2, 0.25) is 0 Å². The van der Waals surface area contributed by atoms with E-state index in [9.17, 15) is 9.59 Å². The maximum atomic E-state index is 12.7. The molecular formula is C30H40N2O3. The Morgan fingerprint density at radius 2 is 1.83 bits per heavy atom. The predicted molar refractivity (Wildman–Crippen MR) is 144 cm³/mol. The fourth-order valence-corrected chi connectivity index (χ4v) is 4.83. The average molecular weight is 477 g/mol. The average Bonchev–Trinajstić information content (AvgIpc) is 2.96. The molecule has 188 valence electrons. The van der Waals surface area contributed by atoms with Crippen molar-refractivity contribution in [3.8, 4) is 0 Å². The van der Waals surface area contributed by atoms with Crippen molar-refractivity contribution in [2.45, 2.75) is 66.4 Å². The van der Waals surface area contributed by atoms with Gasteiger partial charge in [-0.2, -0.15) is 0 Å². The first-order valence-electron chi connectivity index (χ1n) is 12.7. The molecule has 1 unspecified atom stereocenters. The number of ether oxygens (including phenoxy) is 1. The number of hydrogen-bond acceptors (Lipinski definition) is 3. The van der Waals surface area contributed by atoms with Gasteiger partial charge in [-0.05, 0) is 87.6 Å². The Bertz CT molecular complexity index is 1060. The van der Waals surface area contributed by atoms with E-state index in [1.807, 2.05) is 4.90 Å². The molecule has 1 saturated heterocycles. The molecule has 5 heteroatoms. The van der Waals surface area contributed by atoms with Crippen LogP contribution in [0.5, 0.6) is 0 Å². The Balaban J connectivity index is 1.79. The van der Waals surface area contributed by atoms with Crippen LogP contribution in [-0.4, -0.2) is 42.1 Å². The van der Waals surface area contributed by atoms with Gasteiger partial charge in [-0.25, -0.2) is 4.79 Å². The van der Waals surface area contributed by atoms with Crippen LogP contribution in [0, 0.1) is 5.92 Å². The van der Waals surface area contributed by atoms with Crippen molar-refractivity contribution in [3.05, 3.63) is 70.3 Å². The summed E-state index contributed by atoms with van der Waals surface area (Å²) >= 11 is 0. The minimum absolute atomic E-state index is 0.0425. The van der Waals surface area contributed by atoms with Crippen molar-refractivity contribution in [3.63, 3.8) is 0 Å². The lowest BCUT2D eigenvalue weighted by molar-refractivity contribution is -0.130. The number of carbonyl (C=O) groups excluding carboxylic acids is 2. The van der Waals surface area contributed by atoms with E-state index in [1.54, 1.807) is 20.8 Å². The first-order chi connectivity index (χ1) is 16.6. The highest BCUT2D eigenvalue weighted by Crippen LogP contribution is 2.40. The number of alkyl carbamates (subject to hydrolysis) is 1. The standard InChI is InChI=1S/C30H40N2O3/c1-7-8-11-21(2)25-15-14-23-12-9-10-13-26(23)28(22(25)3)24-16-18-32(19-17-24)27(33)20-31-29(34)35-30(4,5)6/h7-10,12-15,21H,11,16-20H2,1-6H3,(H,31,34)/b8-7-. The van der Waals surface area contributed by atoms with Crippen molar-refractivity contribution >= 4 is 23.6 Å². The van der Waals surface area contributed by atoms with Crippen LogP contribution in [-0.2, 0) is 9.53 Å². The van der Waals surface area contributed by atoms with E-state index in [4.69, 9.17) is 4.74 Å². The van der Waals surface area contributed by atoms with Crippen molar-refractivity contribution < 1.29 is 14.3 Å². The molecule has 2 aliphatic rings. The number of carbonyl (C=O) groups is 2. The predicted octanol–water partition coefficient (Wildman–Crippen LogP) is 6.53. The molecule has 1 aliphatic carbocycles. The lowest BCUT2D eigenvalue weighted by Crippen LogP contribution is -2.44. The Hall–Kier alpha value is -3.08. The molecule has 1 atom stereocenters. The summed E-state index contributed by atoms with van der Waals surface area (Å²) in [6, 6.07) is 8.59. The highest BCUT2D eigenvalue weighted by atomic mass is 16.6. The number of hydrogen-bond donors (Lipinski definition) is 1. The van der Waals surface area contributed by atoms with Crippen LogP contribution in [0.4, 0.5) is 4.79 Å². The van der Waals surface area contributed by atoms with Gasteiger partial charge in [0, 0.05) is 13.1 Å². The number of rotatable bonds is 5. The van der Waals surface area contributed by atoms with Gasteiger partial charge in [0.1, 0.15) is 12.1 Å². The highest BCUT2D eigenvalue weighted by Gasteiger charge is 2.26. The number of piperidine rings is 1. The topological polar surface area (TPSA) is 58.6 Å². The van der Waals surface area contributed by atoms with Crippen LogP contribution in [0.25, 0.3) is 11.6 Å². The Morgan fingerprint density at radius 3 is 2.49 bits per heavy atom. The van der Waals surface area contributed by atoms with Crippen LogP contribution >= 0.6 is 0 Å². The third-order valence-electron chi connectivity index (χ3n) is 6.59. The zero-order valence-corrected chi connectivity index (χ0v) is 22.1. The molecule has 1 fully saturated rings. The summed E-state index contributed by atoms with van der Waals surface area (Å²) in [6.07, 6.45) is 11.0. The molecule has 2 amide bonds. The van der Waals surface area contributed by atoms with E-state index in [0.717, 1.165) is 19.3 Å². The third kappa shape index (κ3) is 6.97. The van der Waals surface area contributed by atoms with Gasteiger partial charge in [0.25, 0.3) is 0 Å². The maximum absolute atomic E-state index is 12.7. The number of amides is 2. The van der Waals surface area contributed by atoms with Crippen LogP contribution in [0.3, 0.4) is 0 Å². The number of likely N-dealkylation sites (tertiary alicyclic amines) is 1. The molecule has 1 aromatic carbocycles. The fourth-order valence-electron chi connectivity index (χ4n) is 4.83. The summed E-state index contributed by atoms with van der Waals surface area (Å²) in [5.41, 5.74) is 7.38. The largest absolute Gasteiger partial charge is 0.444 e. The van der Waals surface area contributed by atoms with E-state index in [-0.39, 0.29) is 12.5 Å². The molecule has 1 aromatic rings. The van der Waals surface area contributed by atoms with E-state index in [1.165, 1.54) is 33.4 Å². The van der Waals surface area contributed by atoms with Gasteiger partial charge in [-0.15, -0.1) is 0 Å². The van der Waals surface area contributed by atoms with E-state index >= 15 is 0 Å². The summed E-state index contributed by atoms with van der Waals surface area (Å²) in [4.78, 5) is 26.5. The summed E-state index contributed by atoms with van der Waals surface area (Å²) in [7, 11) is 0.